The van der Waals surface area contributed by atoms with Gasteiger partial charge in [0.15, 0.2) is 0 Å². The number of hydrogen-bond acceptors (Lipinski definition) is 6. The van der Waals surface area contributed by atoms with Crippen molar-refractivity contribution in [1.29, 1.82) is 0 Å². The van der Waals surface area contributed by atoms with Crippen molar-refractivity contribution in [3.05, 3.63) is 119 Å². The van der Waals surface area contributed by atoms with Gasteiger partial charge >= 0.3 is 0 Å². The smallest absolute Gasteiger partial charge is 0.260 e. The number of anilines is 1. The minimum absolute atomic E-state index is 0.0433. The quantitative estimate of drug-likeness (QED) is 0.240. The van der Waals surface area contributed by atoms with Crippen LogP contribution in [-0.2, 0) is 31.0 Å². The minimum atomic E-state index is -1.43. The number of amides is 4. The Bertz CT molecular complexity index is 1820. The largest absolute Gasteiger partial charge is 0.507 e. The van der Waals surface area contributed by atoms with E-state index in [0.717, 1.165) is 16.1 Å². The van der Waals surface area contributed by atoms with Gasteiger partial charge in [-0.2, -0.15) is 5.01 Å². The molecule has 1 saturated carbocycles. The van der Waals surface area contributed by atoms with Crippen molar-refractivity contribution in [3.63, 3.8) is 0 Å². The third-order valence-corrected chi connectivity index (χ3v) is 10.8. The van der Waals surface area contributed by atoms with Gasteiger partial charge in [0.2, 0.25) is 11.8 Å². The molecule has 2 aliphatic heterocycles. The number of phenolic OH excluding ortho intramolecular Hbond substituents is 1. The van der Waals surface area contributed by atoms with Gasteiger partial charge in [0, 0.05) is 18.0 Å². The number of nitrogens with one attached hydrogen (secondary N) is 1. The molecule has 3 aromatic carbocycles. The van der Waals surface area contributed by atoms with Gasteiger partial charge in [0.05, 0.1) is 28.9 Å². The first kappa shape index (κ1) is 30.7. The van der Waals surface area contributed by atoms with Gasteiger partial charge in [0.1, 0.15) is 5.75 Å². The molecular weight excluding hydrogens is 590 g/mol. The van der Waals surface area contributed by atoms with Crippen LogP contribution in [0.15, 0.2) is 97.1 Å². The normalized spacial score (nSPS) is 28.1. The summed E-state index contributed by atoms with van der Waals surface area (Å²) in [7, 11) is 0. The minimum Gasteiger partial charge on any atom is -0.507 e. The maximum atomic E-state index is 15.2. The number of allylic oxidation sites excluding steroid dienone is 3. The number of para-hydroxylation sites is 1. The molecule has 3 fully saturated rings. The Kier molecular flexibility index (Phi) is 7.62. The van der Waals surface area contributed by atoms with Crippen LogP contribution in [0.25, 0.3) is 0 Å². The third kappa shape index (κ3) is 4.48. The lowest BCUT2D eigenvalue weighted by atomic mass is 9.49. The predicted octanol–water partition coefficient (Wildman–Crippen LogP) is 5.82. The lowest BCUT2D eigenvalue weighted by Crippen LogP contribution is -2.53. The fourth-order valence-electron chi connectivity index (χ4n) is 8.77. The van der Waals surface area contributed by atoms with Crippen LogP contribution in [0.5, 0.6) is 5.75 Å². The summed E-state index contributed by atoms with van der Waals surface area (Å²) in [6.07, 6.45) is 5.38. The Hall–Kier alpha value is -4.98. The summed E-state index contributed by atoms with van der Waals surface area (Å²) < 4.78 is 0. The zero-order valence-corrected chi connectivity index (χ0v) is 26.7. The summed E-state index contributed by atoms with van der Waals surface area (Å²) in [6.45, 7) is 8.11. The maximum absolute atomic E-state index is 15.2. The highest BCUT2D eigenvalue weighted by molar-refractivity contribution is 6.13. The Morgan fingerprint density at radius 1 is 0.936 bits per heavy atom. The molecule has 4 amide bonds. The van der Waals surface area contributed by atoms with Crippen molar-refractivity contribution in [3.8, 4) is 5.75 Å². The Labute approximate surface area is 274 Å². The summed E-state index contributed by atoms with van der Waals surface area (Å²) in [5, 5.41) is 13.0. The highest BCUT2D eigenvalue weighted by Gasteiger charge is 2.70. The number of aryl methyl sites for hydroxylation is 1. The third-order valence-electron chi connectivity index (χ3n) is 10.8. The van der Waals surface area contributed by atoms with Crippen LogP contribution in [0.3, 0.4) is 0 Å². The standard InChI is InChI=1S/C39H39N3O5/c1-4-10-24-11-9-14-29(34(24)43)33-27-19-20-28-32(37(46)41(21-5-2)35(28)44)30(27)22-31-36(45)42(40-26-17-15-23(3)16-18-26)38(47)39(31,33)25-12-7-6-8-13-25/h4,6-9,11-19,28,30-33,40,43H,1,5,10,20-22H2,2-3H3/t28-,30+,31-,32-,33+,39+/m0/s1. The molecule has 0 spiro atoms. The molecule has 0 unspecified atom stereocenters. The predicted molar refractivity (Wildman–Crippen MR) is 178 cm³/mol. The lowest BCUT2D eigenvalue weighted by Gasteiger charge is -2.50. The van der Waals surface area contributed by atoms with E-state index in [0.29, 0.717) is 48.2 Å². The monoisotopic (exact) mass is 629 g/mol. The molecule has 3 aromatic rings. The average molecular weight is 630 g/mol. The van der Waals surface area contributed by atoms with Crippen LogP contribution in [0.1, 0.15) is 54.4 Å². The van der Waals surface area contributed by atoms with Gasteiger partial charge in [-0.05, 0) is 61.8 Å². The summed E-state index contributed by atoms with van der Waals surface area (Å²) in [5.41, 5.74) is 5.99. The number of fused-ring (bicyclic) bond motifs is 4. The summed E-state index contributed by atoms with van der Waals surface area (Å²) >= 11 is 0. The van der Waals surface area contributed by atoms with Crippen LogP contribution >= 0.6 is 0 Å². The second-order valence-electron chi connectivity index (χ2n) is 13.3. The van der Waals surface area contributed by atoms with Crippen LogP contribution in [0, 0.1) is 30.6 Å². The van der Waals surface area contributed by atoms with Gasteiger partial charge in [-0.25, -0.2) is 0 Å². The number of nitrogens with zero attached hydrogens (tertiary/aromatic N) is 2. The fraction of sp³-hybridized carbons (Fsp3) is 0.333. The van der Waals surface area contributed by atoms with E-state index in [2.05, 4.69) is 12.0 Å². The molecule has 0 aromatic heterocycles. The average Bonchev–Trinajstić information content (AvgIpc) is 3.45. The zero-order chi connectivity index (χ0) is 33.0. The molecule has 2 saturated heterocycles. The Balaban J connectivity index is 1.47. The summed E-state index contributed by atoms with van der Waals surface area (Å²) in [4.78, 5) is 58.8. The van der Waals surface area contributed by atoms with E-state index in [-0.39, 0.29) is 24.0 Å². The highest BCUT2D eigenvalue weighted by atomic mass is 16.3. The number of hydrogen-bond donors (Lipinski definition) is 2. The number of phenols is 1. The molecule has 8 heteroatoms. The molecule has 2 aliphatic carbocycles. The number of imide groups is 2. The van der Waals surface area contributed by atoms with Crippen molar-refractivity contribution >= 4 is 29.3 Å². The van der Waals surface area contributed by atoms with E-state index in [9.17, 15) is 19.5 Å². The van der Waals surface area contributed by atoms with E-state index in [1.165, 1.54) is 4.90 Å². The van der Waals surface area contributed by atoms with E-state index < -0.39 is 46.8 Å². The Morgan fingerprint density at radius 3 is 2.38 bits per heavy atom. The highest BCUT2D eigenvalue weighted by Crippen LogP contribution is 2.65. The topological polar surface area (TPSA) is 107 Å². The number of likely N-dealkylation sites (tertiary alicyclic amines) is 1. The maximum Gasteiger partial charge on any atom is 0.260 e. The van der Waals surface area contributed by atoms with Gasteiger partial charge in [-0.3, -0.25) is 29.5 Å². The fourth-order valence-corrected chi connectivity index (χ4v) is 8.77. The van der Waals surface area contributed by atoms with Crippen molar-refractivity contribution < 1.29 is 24.3 Å². The molecule has 240 valence electrons. The van der Waals surface area contributed by atoms with Crippen LogP contribution < -0.4 is 5.43 Å². The molecule has 0 bridgehead atoms. The van der Waals surface area contributed by atoms with Crippen molar-refractivity contribution in [2.45, 2.75) is 50.9 Å². The van der Waals surface area contributed by atoms with Gasteiger partial charge in [-0.1, -0.05) is 90.9 Å². The molecule has 8 nitrogen and oxygen atoms in total. The number of benzene rings is 3. The van der Waals surface area contributed by atoms with Crippen LogP contribution in [0.4, 0.5) is 5.69 Å². The summed E-state index contributed by atoms with van der Waals surface area (Å²) in [6, 6.07) is 22.3. The second kappa shape index (κ2) is 11.7. The van der Waals surface area contributed by atoms with E-state index in [1.807, 2.05) is 92.7 Å². The molecule has 2 N–H and O–H groups in total. The van der Waals surface area contributed by atoms with Crippen molar-refractivity contribution in [2.75, 3.05) is 12.0 Å². The molecular formula is C39H39N3O5. The Morgan fingerprint density at radius 2 is 1.68 bits per heavy atom. The number of carbonyl (C=O) groups is 4. The molecule has 0 radical (unpaired) electrons. The summed E-state index contributed by atoms with van der Waals surface area (Å²) in [5.74, 6) is -4.39. The lowest BCUT2D eigenvalue weighted by molar-refractivity contribution is -0.141. The zero-order valence-electron chi connectivity index (χ0n) is 26.7. The van der Waals surface area contributed by atoms with Crippen molar-refractivity contribution in [2.24, 2.45) is 23.7 Å². The van der Waals surface area contributed by atoms with Crippen LogP contribution in [-0.4, -0.2) is 45.2 Å². The number of hydrazine groups is 1. The molecule has 4 aliphatic rings. The number of carbonyl (C=O) groups excluding carboxylic acids is 4. The van der Waals surface area contributed by atoms with Crippen LogP contribution in [0.2, 0.25) is 0 Å². The number of rotatable bonds is 8. The first-order chi connectivity index (χ1) is 22.7. The first-order valence-electron chi connectivity index (χ1n) is 16.5. The SMILES string of the molecule is C=CCc1cccc([C@H]2C3=CC[C@@H]4C(=O)N(CCC)C(=O)[C@@H]4[C@@H]3C[C@H]3C(=O)N(Nc4ccc(C)cc4)C(=O)[C@@]23c2ccccc2)c1O. The molecule has 7 rings (SSSR count). The van der Waals surface area contributed by atoms with Gasteiger partial charge in [0.25, 0.3) is 11.8 Å². The van der Waals surface area contributed by atoms with Crippen molar-refractivity contribution in [1.82, 2.24) is 9.91 Å². The van der Waals surface area contributed by atoms with E-state index in [1.54, 1.807) is 6.08 Å². The van der Waals surface area contributed by atoms with Gasteiger partial charge in [-0.15, -0.1) is 6.58 Å². The number of aromatic hydroxyl groups is 1. The van der Waals surface area contributed by atoms with E-state index >= 15 is 4.79 Å². The molecule has 2 heterocycles. The molecule has 6 atom stereocenters. The van der Waals surface area contributed by atoms with Gasteiger partial charge < -0.3 is 5.11 Å². The van der Waals surface area contributed by atoms with E-state index in [4.69, 9.17) is 0 Å². The second-order valence-corrected chi connectivity index (χ2v) is 13.3. The molecule has 47 heavy (non-hydrogen) atoms. The first-order valence-corrected chi connectivity index (χ1v) is 16.5.